The second kappa shape index (κ2) is 10.2. The minimum Gasteiger partial charge on any atom is -0.357 e. The molecule has 1 aliphatic rings. The summed E-state index contributed by atoms with van der Waals surface area (Å²) in [5, 5.41) is 3.39. The van der Waals surface area contributed by atoms with Gasteiger partial charge in [-0.3, -0.25) is 4.99 Å². The topological polar surface area (TPSA) is 73.8 Å². The Hall–Kier alpha value is -0.820. The highest BCUT2D eigenvalue weighted by atomic mass is 32.2. The van der Waals surface area contributed by atoms with E-state index in [0.29, 0.717) is 24.9 Å². The SMILES string of the molecule is CCCC1(C)CCCN(C(=NCCCNS(=O)(=O)CC)NCC)C1. The molecule has 1 heterocycles. The first-order valence-corrected chi connectivity index (χ1v) is 11.0. The van der Waals surface area contributed by atoms with Gasteiger partial charge in [-0.1, -0.05) is 20.3 Å². The van der Waals surface area contributed by atoms with Gasteiger partial charge in [-0.05, 0) is 44.9 Å². The lowest BCUT2D eigenvalue weighted by molar-refractivity contribution is 0.142. The molecule has 1 aliphatic heterocycles. The fraction of sp³-hybridized carbons (Fsp3) is 0.941. The monoisotopic (exact) mass is 360 g/mol. The van der Waals surface area contributed by atoms with E-state index in [1.807, 2.05) is 0 Å². The zero-order chi connectivity index (χ0) is 18.1. The van der Waals surface area contributed by atoms with Gasteiger partial charge in [-0.15, -0.1) is 0 Å². The van der Waals surface area contributed by atoms with E-state index in [4.69, 9.17) is 4.99 Å². The quantitative estimate of drug-likeness (QED) is 0.375. The molecule has 1 rings (SSSR count). The minimum atomic E-state index is -3.10. The zero-order valence-electron chi connectivity index (χ0n) is 15.9. The second-order valence-electron chi connectivity index (χ2n) is 6.97. The maximum absolute atomic E-state index is 11.4. The molecular weight excluding hydrogens is 324 g/mol. The molecule has 1 unspecified atom stereocenters. The molecule has 0 saturated carbocycles. The van der Waals surface area contributed by atoms with Crippen LogP contribution in [0.2, 0.25) is 0 Å². The Labute approximate surface area is 148 Å². The predicted molar refractivity (Wildman–Crippen MR) is 102 cm³/mol. The normalized spacial score (nSPS) is 22.7. The van der Waals surface area contributed by atoms with E-state index >= 15 is 0 Å². The average Bonchev–Trinajstić information content (AvgIpc) is 2.53. The van der Waals surface area contributed by atoms with Crippen molar-refractivity contribution in [3.8, 4) is 0 Å². The lowest BCUT2D eigenvalue weighted by atomic mass is 9.78. The van der Waals surface area contributed by atoms with Gasteiger partial charge >= 0.3 is 0 Å². The zero-order valence-corrected chi connectivity index (χ0v) is 16.7. The number of aliphatic imine (C=N–C) groups is 1. The maximum atomic E-state index is 11.4. The van der Waals surface area contributed by atoms with Crippen molar-refractivity contribution in [1.82, 2.24) is 14.9 Å². The number of sulfonamides is 1. The highest BCUT2D eigenvalue weighted by Gasteiger charge is 2.31. The Morgan fingerprint density at radius 1 is 1.29 bits per heavy atom. The van der Waals surface area contributed by atoms with Crippen LogP contribution < -0.4 is 10.0 Å². The summed E-state index contributed by atoms with van der Waals surface area (Å²) in [6.45, 7) is 12.4. The third-order valence-corrected chi connectivity index (χ3v) is 5.97. The molecule has 0 radical (unpaired) electrons. The molecule has 1 saturated heterocycles. The summed E-state index contributed by atoms with van der Waals surface area (Å²) >= 11 is 0. The summed E-state index contributed by atoms with van der Waals surface area (Å²) in [6.07, 6.45) is 5.68. The van der Waals surface area contributed by atoms with E-state index in [1.165, 1.54) is 25.7 Å². The van der Waals surface area contributed by atoms with Crippen molar-refractivity contribution in [2.75, 3.05) is 38.5 Å². The van der Waals surface area contributed by atoms with Crippen LogP contribution in [0.5, 0.6) is 0 Å². The van der Waals surface area contributed by atoms with Crippen molar-refractivity contribution in [2.24, 2.45) is 10.4 Å². The van der Waals surface area contributed by atoms with Crippen LogP contribution in [0.1, 0.15) is 59.8 Å². The lowest BCUT2D eigenvalue weighted by Gasteiger charge is -2.42. The Morgan fingerprint density at radius 2 is 2.04 bits per heavy atom. The first-order valence-electron chi connectivity index (χ1n) is 9.36. The summed E-state index contributed by atoms with van der Waals surface area (Å²) in [7, 11) is -3.10. The molecule has 7 heteroatoms. The molecule has 1 atom stereocenters. The largest absolute Gasteiger partial charge is 0.357 e. The van der Waals surface area contributed by atoms with Gasteiger partial charge in [0.05, 0.1) is 5.75 Å². The van der Waals surface area contributed by atoms with Gasteiger partial charge < -0.3 is 10.2 Å². The Bertz CT molecular complexity index is 489. The number of rotatable bonds is 9. The molecule has 0 spiro atoms. The molecule has 2 N–H and O–H groups in total. The number of hydrogen-bond acceptors (Lipinski definition) is 3. The van der Waals surface area contributed by atoms with Crippen LogP contribution in [-0.4, -0.2) is 57.8 Å². The molecular formula is C17H36N4O2S. The molecule has 24 heavy (non-hydrogen) atoms. The van der Waals surface area contributed by atoms with E-state index < -0.39 is 10.0 Å². The van der Waals surface area contributed by atoms with Gasteiger partial charge in [0.15, 0.2) is 5.96 Å². The van der Waals surface area contributed by atoms with Gasteiger partial charge in [0.25, 0.3) is 0 Å². The first kappa shape index (κ1) is 21.2. The van der Waals surface area contributed by atoms with Crippen LogP contribution in [-0.2, 0) is 10.0 Å². The number of nitrogens with one attached hydrogen (secondary N) is 2. The van der Waals surface area contributed by atoms with E-state index in [2.05, 4.69) is 35.7 Å². The molecule has 0 aromatic carbocycles. The molecule has 0 aliphatic carbocycles. The summed E-state index contributed by atoms with van der Waals surface area (Å²) in [5.41, 5.74) is 0.375. The van der Waals surface area contributed by atoms with Gasteiger partial charge in [0.1, 0.15) is 0 Å². The first-order chi connectivity index (χ1) is 11.4. The second-order valence-corrected chi connectivity index (χ2v) is 9.07. The van der Waals surface area contributed by atoms with Crippen molar-refractivity contribution >= 4 is 16.0 Å². The summed E-state index contributed by atoms with van der Waals surface area (Å²) in [6, 6.07) is 0. The predicted octanol–water partition coefficient (Wildman–Crippen LogP) is 2.18. The van der Waals surface area contributed by atoms with Crippen molar-refractivity contribution in [3.05, 3.63) is 0 Å². The fourth-order valence-corrected chi connectivity index (χ4v) is 3.98. The number of piperidine rings is 1. The lowest BCUT2D eigenvalue weighted by Crippen LogP contribution is -2.49. The molecule has 6 nitrogen and oxygen atoms in total. The number of likely N-dealkylation sites (tertiary alicyclic amines) is 1. The minimum absolute atomic E-state index is 0.128. The van der Waals surface area contributed by atoms with Crippen molar-refractivity contribution < 1.29 is 8.42 Å². The van der Waals surface area contributed by atoms with E-state index in [1.54, 1.807) is 6.92 Å². The highest BCUT2D eigenvalue weighted by Crippen LogP contribution is 2.33. The number of nitrogens with zero attached hydrogens (tertiary/aromatic N) is 2. The molecule has 0 aromatic rings. The van der Waals surface area contributed by atoms with Crippen LogP contribution in [0, 0.1) is 5.41 Å². The van der Waals surface area contributed by atoms with E-state index in [-0.39, 0.29) is 5.75 Å². The van der Waals surface area contributed by atoms with Gasteiger partial charge in [0.2, 0.25) is 10.0 Å². The van der Waals surface area contributed by atoms with E-state index in [0.717, 1.165) is 25.6 Å². The van der Waals surface area contributed by atoms with Crippen molar-refractivity contribution in [1.29, 1.82) is 0 Å². The van der Waals surface area contributed by atoms with Crippen molar-refractivity contribution in [3.63, 3.8) is 0 Å². The molecule has 0 aromatic heterocycles. The Balaban J connectivity index is 2.55. The van der Waals surface area contributed by atoms with E-state index in [9.17, 15) is 8.42 Å². The molecule has 0 amide bonds. The van der Waals surface area contributed by atoms with Gasteiger partial charge in [-0.25, -0.2) is 13.1 Å². The fourth-order valence-electron chi connectivity index (χ4n) is 3.32. The third-order valence-electron chi connectivity index (χ3n) is 4.57. The van der Waals surface area contributed by atoms with Gasteiger partial charge in [-0.2, -0.15) is 0 Å². The van der Waals surface area contributed by atoms with Crippen LogP contribution in [0.25, 0.3) is 0 Å². The number of guanidine groups is 1. The van der Waals surface area contributed by atoms with Crippen LogP contribution in [0.3, 0.4) is 0 Å². The standard InChI is InChI=1S/C17H36N4O2S/c1-5-10-17(4)11-8-14-21(15-17)16(18-6-2)19-12-9-13-20-24(22,23)7-3/h20H,5-15H2,1-4H3,(H,18,19). The average molecular weight is 361 g/mol. The maximum Gasteiger partial charge on any atom is 0.211 e. The van der Waals surface area contributed by atoms with Gasteiger partial charge in [0, 0.05) is 32.7 Å². The van der Waals surface area contributed by atoms with Crippen LogP contribution in [0.4, 0.5) is 0 Å². The van der Waals surface area contributed by atoms with Crippen molar-refractivity contribution in [2.45, 2.75) is 59.8 Å². The molecule has 142 valence electrons. The number of hydrogen-bond donors (Lipinski definition) is 2. The smallest absolute Gasteiger partial charge is 0.211 e. The Kier molecular flexibility index (Phi) is 9.05. The van der Waals surface area contributed by atoms with Crippen LogP contribution in [0.15, 0.2) is 4.99 Å². The molecule has 0 bridgehead atoms. The summed E-state index contributed by atoms with van der Waals surface area (Å²) in [5.74, 6) is 1.10. The third kappa shape index (κ3) is 7.38. The highest BCUT2D eigenvalue weighted by molar-refractivity contribution is 7.89. The Morgan fingerprint density at radius 3 is 2.67 bits per heavy atom. The molecule has 1 fully saturated rings. The summed E-state index contributed by atoms with van der Waals surface area (Å²) < 4.78 is 25.4. The van der Waals surface area contributed by atoms with Crippen LogP contribution >= 0.6 is 0 Å². The summed E-state index contributed by atoms with van der Waals surface area (Å²) in [4.78, 5) is 7.08.